The van der Waals surface area contributed by atoms with Crippen molar-refractivity contribution in [2.75, 3.05) is 5.32 Å². The first-order chi connectivity index (χ1) is 9.88. The Morgan fingerprint density at radius 3 is 2.62 bits per heavy atom. The third-order valence-electron chi connectivity index (χ3n) is 3.06. The van der Waals surface area contributed by atoms with Crippen LogP contribution in [0.4, 0.5) is 11.4 Å². The molecule has 1 aromatic heterocycles. The van der Waals surface area contributed by atoms with Crippen LogP contribution in [0.3, 0.4) is 0 Å². The Labute approximate surface area is 120 Å². The number of aromatic carboxylic acids is 1. The fraction of sp³-hybridized carbons (Fsp3) is 0.214. The van der Waals surface area contributed by atoms with E-state index in [9.17, 15) is 14.9 Å². The van der Waals surface area contributed by atoms with Crippen LogP contribution >= 0.6 is 0 Å². The van der Waals surface area contributed by atoms with Crippen LogP contribution in [0.1, 0.15) is 27.4 Å². The lowest BCUT2D eigenvalue weighted by Gasteiger charge is -2.05. The van der Waals surface area contributed by atoms with Gasteiger partial charge in [0.1, 0.15) is 17.1 Å². The zero-order valence-corrected chi connectivity index (χ0v) is 11.5. The Morgan fingerprint density at radius 2 is 2.10 bits per heavy atom. The van der Waals surface area contributed by atoms with Crippen LogP contribution in [0.15, 0.2) is 28.7 Å². The molecule has 0 radical (unpaired) electrons. The average Bonchev–Trinajstić information content (AvgIpc) is 2.77. The van der Waals surface area contributed by atoms with Crippen molar-refractivity contribution in [3.63, 3.8) is 0 Å². The Morgan fingerprint density at radius 1 is 1.38 bits per heavy atom. The van der Waals surface area contributed by atoms with E-state index in [-0.39, 0.29) is 11.3 Å². The SMILES string of the molecule is Cc1cc(NCc2cc(C(=O)O)c(C)o2)ccc1[N+](=O)[O-]. The van der Waals surface area contributed by atoms with E-state index >= 15 is 0 Å². The zero-order valence-electron chi connectivity index (χ0n) is 11.5. The maximum Gasteiger partial charge on any atom is 0.339 e. The van der Waals surface area contributed by atoms with Gasteiger partial charge in [-0.05, 0) is 32.0 Å². The number of hydrogen-bond donors (Lipinski definition) is 2. The smallest absolute Gasteiger partial charge is 0.339 e. The van der Waals surface area contributed by atoms with Crippen molar-refractivity contribution < 1.29 is 19.2 Å². The van der Waals surface area contributed by atoms with Crippen LogP contribution in [0.25, 0.3) is 0 Å². The predicted octanol–water partition coefficient (Wildman–Crippen LogP) is 3.11. The summed E-state index contributed by atoms with van der Waals surface area (Å²) in [6.45, 7) is 3.54. The van der Waals surface area contributed by atoms with Gasteiger partial charge in [-0.3, -0.25) is 10.1 Å². The van der Waals surface area contributed by atoms with E-state index < -0.39 is 10.9 Å². The zero-order chi connectivity index (χ0) is 15.6. The van der Waals surface area contributed by atoms with Gasteiger partial charge in [0.05, 0.1) is 11.5 Å². The Bertz CT molecular complexity index is 705. The van der Waals surface area contributed by atoms with Crippen molar-refractivity contribution in [1.82, 2.24) is 0 Å². The fourth-order valence-corrected chi connectivity index (χ4v) is 2.00. The molecule has 0 saturated heterocycles. The summed E-state index contributed by atoms with van der Waals surface area (Å²) in [7, 11) is 0. The lowest BCUT2D eigenvalue weighted by atomic mass is 10.2. The molecular formula is C14H14N2O5. The second kappa shape index (κ2) is 5.66. The highest BCUT2D eigenvalue weighted by Gasteiger charge is 2.14. The molecular weight excluding hydrogens is 276 g/mol. The lowest BCUT2D eigenvalue weighted by Crippen LogP contribution is -2.00. The number of carboxylic acid groups (broad SMARTS) is 1. The molecule has 110 valence electrons. The van der Waals surface area contributed by atoms with Crippen molar-refractivity contribution in [1.29, 1.82) is 0 Å². The van der Waals surface area contributed by atoms with Crippen LogP contribution in [0.2, 0.25) is 0 Å². The number of nitro benzene ring substituents is 1. The molecule has 2 N–H and O–H groups in total. The molecule has 0 aliphatic heterocycles. The average molecular weight is 290 g/mol. The number of anilines is 1. The number of nitro groups is 1. The number of hydrogen-bond acceptors (Lipinski definition) is 5. The molecule has 0 saturated carbocycles. The molecule has 0 aliphatic carbocycles. The van der Waals surface area contributed by atoms with Crippen molar-refractivity contribution >= 4 is 17.3 Å². The van der Waals surface area contributed by atoms with Gasteiger partial charge in [-0.25, -0.2) is 4.79 Å². The highest BCUT2D eigenvalue weighted by molar-refractivity contribution is 5.88. The van der Waals surface area contributed by atoms with E-state index in [2.05, 4.69) is 5.32 Å². The van der Waals surface area contributed by atoms with Crippen LogP contribution < -0.4 is 5.32 Å². The molecule has 21 heavy (non-hydrogen) atoms. The summed E-state index contributed by atoms with van der Waals surface area (Å²) in [5.41, 5.74) is 1.44. The third-order valence-corrected chi connectivity index (χ3v) is 3.06. The monoisotopic (exact) mass is 290 g/mol. The van der Waals surface area contributed by atoms with Crippen molar-refractivity contribution in [3.8, 4) is 0 Å². The van der Waals surface area contributed by atoms with Gasteiger partial charge < -0.3 is 14.8 Å². The molecule has 0 atom stereocenters. The molecule has 2 rings (SSSR count). The Hall–Kier alpha value is -2.83. The van der Waals surface area contributed by atoms with Gasteiger partial charge in [-0.15, -0.1) is 0 Å². The summed E-state index contributed by atoms with van der Waals surface area (Å²) in [5, 5.41) is 22.7. The van der Waals surface area contributed by atoms with Gasteiger partial charge in [0.15, 0.2) is 0 Å². The number of carboxylic acids is 1. The summed E-state index contributed by atoms with van der Waals surface area (Å²) in [5.74, 6) is -0.200. The van der Waals surface area contributed by atoms with E-state index in [1.807, 2.05) is 0 Å². The van der Waals surface area contributed by atoms with Crippen LogP contribution in [-0.4, -0.2) is 16.0 Å². The highest BCUT2D eigenvalue weighted by Crippen LogP contribution is 2.22. The quantitative estimate of drug-likeness (QED) is 0.647. The number of nitrogens with zero attached hydrogens (tertiary/aromatic N) is 1. The Balaban J connectivity index is 2.10. The minimum absolute atomic E-state index is 0.0579. The topological polar surface area (TPSA) is 106 Å². The molecule has 0 fully saturated rings. The number of benzene rings is 1. The van der Waals surface area contributed by atoms with Crippen LogP contribution in [0.5, 0.6) is 0 Å². The maximum atomic E-state index is 10.9. The number of rotatable bonds is 5. The summed E-state index contributed by atoms with van der Waals surface area (Å²) in [6, 6.07) is 6.14. The van der Waals surface area contributed by atoms with Gasteiger partial charge in [-0.1, -0.05) is 0 Å². The van der Waals surface area contributed by atoms with Gasteiger partial charge in [-0.2, -0.15) is 0 Å². The number of aryl methyl sites for hydroxylation is 2. The molecule has 0 amide bonds. The molecule has 7 heteroatoms. The minimum Gasteiger partial charge on any atom is -0.478 e. The second-order valence-corrected chi connectivity index (χ2v) is 4.60. The van der Waals surface area contributed by atoms with Crippen molar-refractivity contribution in [3.05, 3.63) is 57.0 Å². The molecule has 0 bridgehead atoms. The normalized spacial score (nSPS) is 10.4. The maximum absolute atomic E-state index is 10.9. The highest BCUT2D eigenvalue weighted by atomic mass is 16.6. The first-order valence-electron chi connectivity index (χ1n) is 6.20. The van der Waals surface area contributed by atoms with Crippen LogP contribution in [0, 0.1) is 24.0 Å². The molecule has 2 aromatic rings. The fourth-order valence-electron chi connectivity index (χ4n) is 2.00. The van der Waals surface area contributed by atoms with Crippen molar-refractivity contribution in [2.45, 2.75) is 20.4 Å². The minimum atomic E-state index is -1.03. The van der Waals surface area contributed by atoms with Gasteiger partial charge in [0.2, 0.25) is 0 Å². The lowest BCUT2D eigenvalue weighted by molar-refractivity contribution is -0.385. The second-order valence-electron chi connectivity index (χ2n) is 4.60. The standard InChI is InChI=1S/C14H14N2O5/c1-8-5-10(3-4-13(8)16(19)20)15-7-11-6-12(14(17)18)9(2)21-11/h3-6,15H,7H2,1-2H3,(H,17,18). The molecule has 1 aromatic carbocycles. The molecule has 0 unspecified atom stereocenters. The largest absolute Gasteiger partial charge is 0.478 e. The predicted molar refractivity (Wildman–Crippen MR) is 75.6 cm³/mol. The molecule has 7 nitrogen and oxygen atoms in total. The van der Waals surface area contributed by atoms with E-state index in [4.69, 9.17) is 9.52 Å². The summed E-state index contributed by atoms with van der Waals surface area (Å²) >= 11 is 0. The van der Waals surface area contributed by atoms with Gasteiger partial charge >= 0.3 is 5.97 Å². The summed E-state index contributed by atoms with van der Waals surface area (Å²) < 4.78 is 5.34. The third kappa shape index (κ3) is 3.19. The van der Waals surface area contributed by atoms with Gasteiger partial charge in [0, 0.05) is 17.3 Å². The van der Waals surface area contributed by atoms with E-state index in [1.165, 1.54) is 12.1 Å². The summed E-state index contributed by atoms with van der Waals surface area (Å²) in [6.07, 6.45) is 0. The van der Waals surface area contributed by atoms with Crippen molar-refractivity contribution in [2.24, 2.45) is 0 Å². The number of carbonyl (C=O) groups is 1. The van der Waals surface area contributed by atoms with E-state index in [1.54, 1.807) is 26.0 Å². The number of nitrogens with one attached hydrogen (secondary N) is 1. The van der Waals surface area contributed by atoms with Crippen LogP contribution in [-0.2, 0) is 6.54 Å². The van der Waals surface area contributed by atoms with E-state index in [0.29, 0.717) is 29.3 Å². The first-order valence-corrected chi connectivity index (χ1v) is 6.20. The molecule has 0 aliphatic rings. The van der Waals surface area contributed by atoms with Gasteiger partial charge in [0.25, 0.3) is 5.69 Å². The molecule has 0 spiro atoms. The summed E-state index contributed by atoms with van der Waals surface area (Å²) in [4.78, 5) is 21.2. The Kier molecular flexibility index (Phi) is 3.93. The first kappa shape index (κ1) is 14.6. The van der Waals surface area contributed by atoms with E-state index in [0.717, 1.165) is 0 Å². The number of furan rings is 1. The molecule has 1 heterocycles.